The van der Waals surface area contributed by atoms with Crippen molar-refractivity contribution in [3.05, 3.63) is 65.0 Å². The number of aromatic nitrogens is 1. The van der Waals surface area contributed by atoms with Crippen molar-refractivity contribution in [3.63, 3.8) is 0 Å². The van der Waals surface area contributed by atoms with Crippen molar-refractivity contribution in [3.8, 4) is 5.75 Å². The number of amides is 2. The van der Waals surface area contributed by atoms with Crippen LogP contribution in [0.3, 0.4) is 0 Å². The summed E-state index contributed by atoms with van der Waals surface area (Å²) in [4.78, 5) is 29.5. The van der Waals surface area contributed by atoms with Gasteiger partial charge in [0.05, 0.1) is 12.3 Å². The number of nitrogens with one attached hydrogen (secondary N) is 2. The minimum atomic E-state index is -5.16. The number of ether oxygens (including phenoxy) is 1. The Hall–Kier alpha value is -3.76. The molecule has 1 aliphatic heterocycles. The molecule has 0 radical (unpaired) electrons. The van der Waals surface area contributed by atoms with Crippen LogP contribution in [0, 0.1) is 0 Å². The number of sulfone groups is 1. The van der Waals surface area contributed by atoms with E-state index in [1.54, 1.807) is 0 Å². The number of nitrogens with zero attached hydrogens (tertiary/aromatic N) is 1. The zero-order chi connectivity index (χ0) is 33.1. The van der Waals surface area contributed by atoms with E-state index in [4.69, 9.17) is 4.74 Å². The normalized spacial score (nSPS) is 18.7. The third kappa shape index (κ3) is 8.24. The van der Waals surface area contributed by atoms with Crippen LogP contribution in [-0.4, -0.2) is 62.2 Å². The van der Waals surface area contributed by atoms with E-state index in [-0.39, 0.29) is 30.0 Å². The first-order valence-electron chi connectivity index (χ1n) is 12.9. The summed E-state index contributed by atoms with van der Waals surface area (Å²) < 4.78 is 136. The first kappa shape index (κ1) is 34.7. The van der Waals surface area contributed by atoms with Crippen LogP contribution in [0.15, 0.2) is 48.2 Å². The summed E-state index contributed by atoms with van der Waals surface area (Å²) >= 11 is 0. The van der Waals surface area contributed by atoms with Gasteiger partial charge in [-0.15, -0.1) is 0 Å². The SMILES string of the molecule is CC(C(=O)NCC1=C(c2ccc(C(F)F)cn2)C[C@@](c2ccc(OCCCC(F)(F)F)cc2)(C(F)(F)F)NC1=O)S(C)(=O)=O. The Balaban J connectivity index is 2.02. The van der Waals surface area contributed by atoms with E-state index < -0.39 is 87.3 Å². The molecule has 0 fully saturated rings. The first-order chi connectivity index (χ1) is 20.2. The fourth-order valence-electron chi connectivity index (χ4n) is 4.29. The highest BCUT2D eigenvalue weighted by molar-refractivity contribution is 7.92. The minimum absolute atomic E-state index is 0.0289. The molecular formula is C27H27F8N3O5S. The minimum Gasteiger partial charge on any atom is -0.494 e. The Bertz CT molecular complexity index is 1490. The molecule has 17 heteroatoms. The number of carbonyl (C=O) groups excluding carboxylic acids is 2. The predicted octanol–water partition coefficient (Wildman–Crippen LogP) is 5.02. The van der Waals surface area contributed by atoms with Gasteiger partial charge in [0.1, 0.15) is 11.0 Å². The highest BCUT2D eigenvalue weighted by Crippen LogP contribution is 2.48. The molecule has 2 atom stereocenters. The van der Waals surface area contributed by atoms with Gasteiger partial charge in [0.25, 0.3) is 6.43 Å². The predicted molar refractivity (Wildman–Crippen MR) is 141 cm³/mol. The Morgan fingerprint density at radius 2 is 1.73 bits per heavy atom. The Morgan fingerprint density at radius 3 is 2.23 bits per heavy atom. The van der Waals surface area contributed by atoms with Crippen molar-refractivity contribution in [1.82, 2.24) is 15.6 Å². The number of hydrogen-bond donors (Lipinski definition) is 2. The number of carbonyl (C=O) groups is 2. The van der Waals surface area contributed by atoms with Crippen LogP contribution in [0.1, 0.15) is 49.4 Å². The van der Waals surface area contributed by atoms with Gasteiger partial charge in [0, 0.05) is 43.0 Å². The lowest BCUT2D eigenvalue weighted by atomic mass is 9.77. The van der Waals surface area contributed by atoms with Crippen molar-refractivity contribution in [2.24, 2.45) is 0 Å². The van der Waals surface area contributed by atoms with E-state index in [1.165, 1.54) is 0 Å². The zero-order valence-corrected chi connectivity index (χ0v) is 24.0. The van der Waals surface area contributed by atoms with Crippen LogP contribution in [-0.2, 0) is 25.0 Å². The van der Waals surface area contributed by atoms with Gasteiger partial charge >= 0.3 is 12.4 Å². The molecule has 1 aromatic carbocycles. The summed E-state index contributed by atoms with van der Waals surface area (Å²) in [6.07, 6.45) is -13.5. The maximum Gasteiger partial charge on any atom is 0.416 e. The molecule has 2 N–H and O–H groups in total. The highest BCUT2D eigenvalue weighted by atomic mass is 32.2. The van der Waals surface area contributed by atoms with E-state index >= 15 is 0 Å². The van der Waals surface area contributed by atoms with Gasteiger partial charge in [-0.25, -0.2) is 17.2 Å². The van der Waals surface area contributed by atoms with Crippen LogP contribution in [0.4, 0.5) is 35.1 Å². The average Bonchev–Trinajstić information content (AvgIpc) is 2.92. The van der Waals surface area contributed by atoms with E-state index in [2.05, 4.69) is 10.3 Å². The summed E-state index contributed by atoms with van der Waals surface area (Å²) in [7, 11) is -3.86. The molecule has 1 aromatic heterocycles. The second-order valence-corrected chi connectivity index (χ2v) is 12.4. The van der Waals surface area contributed by atoms with E-state index in [1.807, 2.05) is 5.32 Å². The molecule has 0 saturated heterocycles. The molecule has 1 unspecified atom stereocenters. The molecule has 2 aromatic rings. The molecule has 2 heterocycles. The second-order valence-electron chi connectivity index (χ2n) is 10.0. The fourth-order valence-corrected chi connectivity index (χ4v) is 4.76. The maximum absolute atomic E-state index is 14.8. The van der Waals surface area contributed by atoms with Crippen molar-refractivity contribution < 1.29 is 57.9 Å². The average molecular weight is 658 g/mol. The molecule has 8 nitrogen and oxygen atoms in total. The van der Waals surface area contributed by atoms with Gasteiger partial charge in [0.2, 0.25) is 11.8 Å². The number of rotatable bonds is 11. The van der Waals surface area contributed by atoms with Crippen molar-refractivity contribution in [2.45, 2.75) is 55.8 Å². The number of halogens is 8. The summed E-state index contributed by atoms with van der Waals surface area (Å²) in [5, 5.41) is 2.59. The van der Waals surface area contributed by atoms with E-state index in [0.29, 0.717) is 0 Å². The van der Waals surface area contributed by atoms with Gasteiger partial charge in [-0.1, -0.05) is 12.1 Å². The topological polar surface area (TPSA) is 114 Å². The summed E-state index contributed by atoms with van der Waals surface area (Å²) in [5.74, 6) is -2.37. The van der Waals surface area contributed by atoms with Crippen molar-refractivity contribution in [2.75, 3.05) is 19.4 Å². The lowest BCUT2D eigenvalue weighted by molar-refractivity contribution is -0.201. The number of benzene rings is 1. The highest BCUT2D eigenvalue weighted by Gasteiger charge is 2.59. The third-order valence-corrected chi connectivity index (χ3v) is 8.41. The molecule has 0 bridgehead atoms. The van der Waals surface area contributed by atoms with Gasteiger partial charge in [-0.05, 0) is 48.7 Å². The van der Waals surface area contributed by atoms with Crippen LogP contribution in [0.2, 0.25) is 0 Å². The van der Waals surface area contributed by atoms with E-state index in [9.17, 15) is 53.1 Å². The lowest BCUT2D eigenvalue weighted by Crippen LogP contribution is -2.59. The van der Waals surface area contributed by atoms with Crippen LogP contribution in [0.5, 0.6) is 5.75 Å². The second kappa shape index (κ2) is 13.1. The molecule has 1 aliphatic rings. The number of pyridine rings is 1. The molecule has 0 saturated carbocycles. The monoisotopic (exact) mass is 657 g/mol. The zero-order valence-electron chi connectivity index (χ0n) is 23.2. The lowest BCUT2D eigenvalue weighted by Gasteiger charge is -2.41. The first-order valence-corrected chi connectivity index (χ1v) is 14.8. The van der Waals surface area contributed by atoms with Gasteiger partial charge in [-0.3, -0.25) is 14.6 Å². The largest absolute Gasteiger partial charge is 0.494 e. The van der Waals surface area contributed by atoms with Gasteiger partial charge in [-0.2, -0.15) is 26.3 Å². The molecule has 44 heavy (non-hydrogen) atoms. The fraction of sp³-hybridized carbons (Fsp3) is 0.444. The molecule has 0 aliphatic carbocycles. The Kier molecular flexibility index (Phi) is 10.3. The molecule has 2 amide bonds. The summed E-state index contributed by atoms with van der Waals surface area (Å²) in [6.45, 7) is 0.000878. The third-order valence-electron chi connectivity index (χ3n) is 6.91. The molecule has 0 spiro atoms. The molecule has 242 valence electrons. The maximum atomic E-state index is 14.8. The van der Waals surface area contributed by atoms with Crippen LogP contribution in [0.25, 0.3) is 5.57 Å². The van der Waals surface area contributed by atoms with Gasteiger partial charge < -0.3 is 15.4 Å². The van der Waals surface area contributed by atoms with Crippen LogP contribution < -0.4 is 15.4 Å². The van der Waals surface area contributed by atoms with Crippen molar-refractivity contribution in [1.29, 1.82) is 0 Å². The number of alkyl halides is 8. The molecular weight excluding hydrogens is 630 g/mol. The standard InChI is InChI=1S/C27H27F8N3O5S/c1-15(44(2,41)42)23(39)37-14-20-19(21-9-4-16(13-36-21)22(28)29)12-25(27(33,34)35,38-24(20)40)17-5-7-18(8-6-17)43-11-3-10-26(30,31)32/h4-9,13,15,22H,3,10-12,14H2,1-2H3,(H,37,39)(H,38,40)/t15?,25-/m1/s1. The molecule has 3 rings (SSSR count). The Morgan fingerprint density at radius 1 is 1.09 bits per heavy atom. The Labute approximate surface area is 246 Å². The van der Waals surface area contributed by atoms with Crippen LogP contribution >= 0.6 is 0 Å². The summed E-state index contributed by atoms with van der Waals surface area (Å²) in [6, 6.07) is 6.02. The quantitative estimate of drug-likeness (QED) is 0.259. The summed E-state index contributed by atoms with van der Waals surface area (Å²) in [5.41, 5.74) is -5.17. The number of hydrogen-bond acceptors (Lipinski definition) is 6. The van der Waals surface area contributed by atoms with Crippen molar-refractivity contribution >= 4 is 27.2 Å². The van der Waals surface area contributed by atoms with Gasteiger partial charge in [0.15, 0.2) is 15.4 Å². The smallest absolute Gasteiger partial charge is 0.416 e. The van der Waals surface area contributed by atoms with E-state index in [0.717, 1.165) is 55.8 Å².